The van der Waals surface area contributed by atoms with E-state index in [9.17, 15) is 4.57 Å². The number of hydrogen-bond donors (Lipinski definition) is 1. The Morgan fingerprint density at radius 3 is 2.65 bits per heavy atom. The van der Waals surface area contributed by atoms with E-state index in [1.54, 1.807) is 7.11 Å². The maximum absolute atomic E-state index is 13.8. The van der Waals surface area contributed by atoms with Gasteiger partial charge in [-0.25, -0.2) is 5.09 Å². The molecule has 2 unspecified atom stereocenters. The van der Waals surface area contributed by atoms with E-state index in [0.717, 1.165) is 47.5 Å². The van der Waals surface area contributed by atoms with Crippen molar-refractivity contribution in [3.63, 3.8) is 0 Å². The average Bonchev–Trinajstić information content (AvgIpc) is 2.83. The van der Waals surface area contributed by atoms with Crippen LogP contribution in [0.3, 0.4) is 0 Å². The molecule has 0 fully saturated rings. The number of aryl methyl sites for hydroxylation is 1. The van der Waals surface area contributed by atoms with Crippen molar-refractivity contribution >= 4 is 13.3 Å². The van der Waals surface area contributed by atoms with E-state index in [1.165, 1.54) is 5.56 Å². The standard InChI is InChI=1S/C21H24NO3P/c1-3-22-26(23)21(16-11-13-17(24-2)14-12-16)19-10-6-8-15-7-4-5-9-18(15)20(19)25-26/h4-5,7,9,11-14,21H,3,6,8,10H2,1-2H3,(H,22,23). The van der Waals surface area contributed by atoms with E-state index in [2.05, 4.69) is 23.3 Å². The van der Waals surface area contributed by atoms with Gasteiger partial charge in [0.05, 0.1) is 7.11 Å². The Morgan fingerprint density at radius 1 is 1.15 bits per heavy atom. The fraction of sp³-hybridized carbons (Fsp3) is 0.333. The Balaban J connectivity index is 1.85. The van der Waals surface area contributed by atoms with Gasteiger partial charge >= 0.3 is 7.52 Å². The van der Waals surface area contributed by atoms with Gasteiger partial charge in [0, 0.05) is 12.1 Å². The minimum absolute atomic E-state index is 0.241. The Hall–Kier alpha value is -2.03. The fourth-order valence-electron chi connectivity index (χ4n) is 4.01. The number of hydrogen-bond acceptors (Lipinski definition) is 3. The fourth-order valence-corrected chi connectivity index (χ4v) is 6.51. The lowest BCUT2D eigenvalue weighted by molar-refractivity contribution is 0.414. The van der Waals surface area contributed by atoms with Crippen LogP contribution in [0.15, 0.2) is 54.1 Å². The highest BCUT2D eigenvalue weighted by Crippen LogP contribution is 2.69. The number of fused-ring (bicyclic) bond motifs is 2. The normalized spacial score (nSPS) is 24.5. The Morgan fingerprint density at radius 2 is 1.92 bits per heavy atom. The van der Waals surface area contributed by atoms with E-state index < -0.39 is 7.52 Å². The second kappa shape index (κ2) is 6.94. The van der Waals surface area contributed by atoms with Gasteiger partial charge in [-0.2, -0.15) is 0 Å². The minimum atomic E-state index is -3.07. The van der Waals surface area contributed by atoms with E-state index >= 15 is 0 Å². The monoisotopic (exact) mass is 369 g/mol. The van der Waals surface area contributed by atoms with Crippen LogP contribution in [0.4, 0.5) is 0 Å². The molecule has 4 rings (SSSR count). The van der Waals surface area contributed by atoms with E-state index in [-0.39, 0.29) is 5.66 Å². The quantitative estimate of drug-likeness (QED) is 0.742. The van der Waals surface area contributed by atoms with Gasteiger partial charge in [-0.1, -0.05) is 43.3 Å². The van der Waals surface area contributed by atoms with Gasteiger partial charge in [0.1, 0.15) is 17.2 Å². The largest absolute Gasteiger partial charge is 0.497 e. The number of rotatable bonds is 4. The number of methoxy groups -OCH3 is 1. The van der Waals surface area contributed by atoms with Crippen LogP contribution < -0.4 is 9.82 Å². The van der Waals surface area contributed by atoms with Crippen molar-refractivity contribution in [3.8, 4) is 5.75 Å². The molecule has 0 bridgehead atoms. The third-order valence-corrected chi connectivity index (χ3v) is 7.65. The van der Waals surface area contributed by atoms with Gasteiger partial charge in [0.15, 0.2) is 0 Å². The summed E-state index contributed by atoms with van der Waals surface area (Å²) >= 11 is 0. The maximum Gasteiger partial charge on any atom is 0.328 e. The highest BCUT2D eigenvalue weighted by Gasteiger charge is 2.47. The highest BCUT2D eigenvalue weighted by atomic mass is 31.2. The molecule has 1 heterocycles. The number of ether oxygens (including phenoxy) is 1. The third-order valence-electron chi connectivity index (χ3n) is 5.15. The SMILES string of the molecule is CCNP1(=O)OC2=C(CCCc3ccccc32)C1c1ccc(OC)cc1. The molecule has 1 N–H and O–H groups in total. The summed E-state index contributed by atoms with van der Waals surface area (Å²) in [6, 6.07) is 16.2. The summed E-state index contributed by atoms with van der Waals surface area (Å²) in [5.74, 6) is 1.62. The van der Waals surface area contributed by atoms with Crippen LogP contribution in [0.25, 0.3) is 5.76 Å². The number of nitrogens with one attached hydrogen (secondary N) is 1. The Kier molecular flexibility index (Phi) is 4.64. The molecule has 0 saturated carbocycles. The first-order valence-corrected chi connectivity index (χ1v) is 10.9. The Labute approximate surface area is 154 Å². The predicted octanol–water partition coefficient (Wildman–Crippen LogP) is 5.32. The van der Waals surface area contributed by atoms with Crippen molar-refractivity contribution in [2.45, 2.75) is 31.8 Å². The zero-order chi connectivity index (χ0) is 18.1. The summed E-state index contributed by atoms with van der Waals surface area (Å²) in [7, 11) is -1.42. The molecular formula is C21H24NO3P. The molecule has 0 radical (unpaired) electrons. The molecule has 2 aromatic carbocycles. The summed E-state index contributed by atoms with van der Waals surface area (Å²) in [6.07, 6.45) is 2.96. The minimum Gasteiger partial charge on any atom is -0.497 e. The summed E-state index contributed by atoms with van der Waals surface area (Å²) in [5, 5.41) is 3.17. The lowest BCUT2D eigenvalue weighted by atomic mass is 9.98. The molecule has 4 nitrogen and oxygen atoms in total. The molecule has 0 spiro atoms. The van der Waals surface area contributed by atoms with E-state index in [1.807, 2.05) is 37.3 Å². The lowest BCUT2D eigenvalue weighted by Crippen LogP contribution is -2.14. The summed E-state index contributed by atoms with van der Waals surface area (Å²) in [5.41, 5.74) is 4.29. The molecule has 0 saturated heterocycles. The van der Waals surface area contributed by atoms with Gasteiger partial charge in [-0.15, -0.1) is 0 Å². The van der Waals surface area contributed by atoms with Gasteiger partial charge in [-0.3, -0.25) is 4.57 Å². The van der Waals surface area contributed by atoms with Crippen LogP contribution in [-0.2, 0) is 15.5 Å². The summed E-state index contributed by atoms with van der Waals surface area (Å²) in [4.78, 5) is 0. The molecule has 0 aromatic heterocycles. The zero-order valence-electron chi connectivity index (χ0n) is 15.2. The van der Waals surface area contributed by atoms with Crippen molar-refractivity contribution in [1.82, 2.24) is 5.09 Å². The number of benzene rings is 2. The van der Waals surface area contributed by atoms with Crippen molar-refractivity contribution < 1.29 is 13.8 Å². The third kappa shape index (κ3) is 2.87. The average molecular weight is 369 g/mol. The van der Waals surface area contributed by atoms with Crippen LogP contribution in [0.2, 0.25) is 0 Å². The van der Waals surface area contributed by atoms with Gasteiger partial charge in [-0.05, 0) is 48.1 Å². The first-order chi connectivity index (χ1) is 12.7. The maximum atomic E-state index is 13.8. The molecule has 1 aliphatic heterocycles. The molecular weight excluding hydrogens is 345 g/mol. The first-order valence-electron chi connectivity index (χ1n) is 9.16. The molecule has 26 heavy (non-hydrogen) atoms. The molecule has 2 aliphatic rings. The van der Waals surface area contributed by atoms with Crippen LogP contribution in [0.1, 0.15) is 42.1 Å². The summed E-state index contributed by atoms with van der Waals surface area (Å²) in [6.45, 7) is 2.57. The second-order valence-corrected chi connectivity index (χ2v) is 8.95. The van der Waals surface area contributed by atoms with E-state index in [4.69, 9.17) is 9.26 Å². The van der Waals surface area contributed by atoms with Gasteiger partial charge < -0.3 is 9.26 Å². The summed E-state index contributed by atoms with van der Waals surface area (Å²) < 4.78 is 25.3. The topological polar surface area (TPSA) is 47.6 Å². The second-order valence-electron chi connectivity index (χ2n) is 6.74. The van der Waals surface area contributed by atoms with Crippen LogP contribution in [-0.4, -0.2) is 13.7 Å². The molecule has 2 atom stereocenters. The Bertz CT molecular complexity index is 888. The molecule has 1 aliphatic carbocycles. The highest BCUT2D eigenvalue weighted by molar-refractivity contribution is 7.58. The van der Waals surface area contributed by atoms with Crippen molar-refractivity contribution in [1.29, 1.82) is 0 Å². The first kappa shape index (κ1) is 17.4. The molecule has 5 heteroatoms. The van der Waals surface area contributed by atoms with Crippen molar-refractivity contribution in [2.75, 3.05) is 13.7 Å². The predicted molar refractivity (Wildman–Crippen MR) is 104 cm³/mol. The smallest absolute Gasteiger partial charge is 0.328 e. The van der Waals surface area contributed by atoms with Crippen LogP contribution in [0, 0.1) is 0 Å². The van der Waals surface area contributed by atoms with Crippen LogP contribution in [0.5, 0.6) is 5.75 Å². The van der Waals surface area contributed by atoms with Crippen molar-refractivity contribution in [3.05, 3.63) is 70.8 Å². The molecule has 2 aromatic rings. The molecule has 0 amide bonds. The van der Waals surface area contributed by atoms with Crippen molar-refractivity contribution in [2.24, 2.45) is 0 Å². The lowest BCUT2D eigenvalue weighted by Gasteiger charge is -2.23. The van der Waals surface area contributed by atoms with Gasteiger partial charge in [0.2, 0.25) is 0 Å². The zero-order valence-corrected chi connectivity index (χ0v) is 16.1. The number of allylic oxidation sites excluding steroid dienone is 1. The molecule has 136 valence electrons. The van der Waals surface area contributed by atoms with Gasteiger partial charge in [0.25, 0.3) is 0 Å². The van der Waals surface area contributed by atoms with E-state index in [0.29, 0.717) is 6.54 Å². The van der Waals surface area contributed by atoms with Crippen LogP contribution >= 0.6 is 7.52 Å².